The lowest BCUT2D eigenvalue weighted by Crippen LogP contribution is -2.22. The molecule has 0 heterocycles. The van der Waals surface area contributed by atoms with Gasteiger partial charge in [0, 0.05) is 13.6 Å². The second kappa shape index (κ2) is 5.85. The highest BCUT2D eigenvalue weighted by atomic mass is 16.6. The lowest BCUT2D eigenvalue weighted by atomic mass is 10.2. The summed E-state index contributed by atoms with van der Waals surface area (Å²) < 4.78 is 4.94. The summed E-state index contributed by atoms with van der Waals surface area (Å²) in [6.07, 6.45) is -0.0924. The summed E-state index contributed by atoms with van der Waals surface area (Å²) in [5.74, 6) is -0.799. The fourth-order valence-corrected chi connectivity index (χ4v) is 1.55. The predicted molar refractivity (Wildman–Crippen MR) is 65.2 cm³/mol. The van der Waals surface area contributed by atoms with Crippen molar-refractivity contribution in [1.82, 2.24) is 0 Å². The minimum absolute atomic E-state index is 0.0924. The molecule has 0 radical (unpaired) electrons. The van der Waals surface area contributed by atoms with Gasteiger partial charge in [-0.25, -0.2) is 0 Å². The average molecular weight is 254 g/mol. The van der Waals surface area contributed by atoms with Crippen molar-refractivity contribution in [3.63, 3.8) is 0 Å². The summed E-state index contributed by atoms with van der Waals surface area (Å²) in [6.45, 7) is 0.184. The van der Waals surface area contributed by atoms with E-state index in [2.05, 4.69) is 0 Å². The van der Waals surface area contributed by atoms with Crippen LogP contribution in [0.5, 0.6) is 5.75 Å². The number of carbonyl (C=O) groups is 1. The van der Waals surface area contributed by atoms with Gasteiger partial charge in [0.1, 0.15) is 5.69 Å². The lowest BCUT2D eigenvalue weighted by molar-refractivity contribution is -0.385. The highest BCUT2D eigenvalue weighted by molar-refractivity contribution is 5.71. The number of nitro benzene ring substituents is 1. The van der Waals surface area contributed by atoms with Crippen molar-refractivity contribution in [3.05, 3.63) is 28.3 Å². The Bertz CT molecular complexity index is 461. The van der Waals surface area contributed by atoms with E-state index in [1.165, 1.54) is 18.1 Å². The highest BCUT2D eigenvalue weighted by Gasteiger charge is 2.23. The Kier molecular flexibility index (Phi) is 4.47. The molecule has 0 unspecified atom stereocenters. The third kappa shape index (κ3) is 3.09. The van der Waals surface area contributed by atoms with E-state index in [1.54, 1.807) is 19.2 Å². The van der Waals surface area contributed by atoms with Crippen molar-refractivity contribution in [3.8, 4) is 5.75 Å². The maximum absolute atomic E-state index is 11.0. The molecule has 1 aromatic rings. The quantitative estimate of drug-likeness (QED) is 0.611. The summed E-state index contributed by atoms with van der Waals surface area (Å²) in [6, 6.07) is 4.67. The van der Waals surface area contributed by atoms with Gasteiger partial charge in [-0.2, -0.15) is 0 Å². The first kappa shape index (κ1) is 13.8. The molecule has 0 amide bonds. The molecule has 1 rings (SSSR count). The van der Waals surface area contributed by atoms with Gasteiger partial charge in [-0.3, -0.25) is 14.9 Å². The largest absolute Gasteiger partial charge is 0.490 e. The zero-order chi connectivity index (χ0) is 13.7. The molecule has 0 fully saturated rings. The van der Waals surface area contributed by atoms with Gasteiger partial charge in [0.25, 0.3) is 0 Å². The van der Waals surface area contributed by atoms with Crippen LogP contribution in [-0.4, -0.2) is 36.7 Å². The number of carboxylic acid groups (broad SMARTS) is 1. The molecule has 0 aliphatic rings. The molecule has 1 aromatic carbocycles. The predicted octanol–water partition coefficient (Wildman–Crippen LogP) is 1.51. The number of nitrogens with zero attached hydrogens (tertiary/aromatic N) is 2. The van der Waals surface area contributed by atoms with E-state index in [-0.39, 0.29) is 24.4 Å². The number of hydrogen-bond acceptors (Lipinski definition) is 5. The second-order valence-electron chi connectivity index (χ2n) is 3.65. The molecular formula is C11H14N2O5. The number of rotatable bonds is 6. The monoisotopic (exact) mass is 254 g/mol. The van der Waals surface area contributed by atoms with Crippen LogP contribution in [0, 0.1) is 10.1 Å². The van der Waals surface area contributed by atoms with Crippen LogP contribution >= 0.6 is 0 Å². The number of aliphatic carboxylic acids is 1. The number of benzene rings is 1. The van der Waals surface area contributed by atoms with E-state index >= 15 is 0 Å². The van der Waals surface area contributed by atoms with Gasteiger partial charge in [-0.1, -0.05) is 6.07 Å². The van der Waals surface area contributed by atoms with Gasteiger partial charge in [0.05, 0.1) is 18.5 Å². The maximum atomic E-state index is 11.0. The fourth-order valence-electron chi connectivity index (χ4n) is 1.55. The van der Waals surface area contributed by atoms with Crippen LogP contribution in [0.3, 0.4) is 0 Å². The van der Waals surface area contributed by atoms with Crippen LogP contribution < -0.4 is 9.64 Å². The second-order valence-corrected chi connectivity index (χ2v) is 3.65. The Balaban J connectivity index is 3.07. The van der Waals surface area contributed by atoms with Crippen molar-refractivity contribution in [2.24, 2.45) is 0 Å². The smallest absolute Gasteiger partial charge is 0.333 e. The fraction of sp³-hybridized carbons (Fsp3) is 0.364. The Morgan fingerprint density at radius 3 is 2.72 bits per heavy atom. The van der Waals surface area contributed by atoms with Crippen molar-refractivity contribution < 1.29 is 19.6 Å². The van der Waals surface area contributed by atoms with Crippen LogP contribution in [0.4, 0.5) is 11.4 Å². The number of methoxy groups -OCH3 is 1. The van der Waals surface area contributed by atoms with Crippen molar-refractivity contribution >= 4 is 17.3 Å². The number of ether oxygens (including phenoxy) is 1. The number of carboxylic acids is 1. The molecule has 0 spiro atoms. The number of hydrogen-bond donors (Lipinski definition) is 1. The first-order chi connectivity index (χ1) is 8.47. The Labute approximate surface area is 104 Å². The molecule has 1 N–H and O–H groups in total. The summed E-state index contributed by atoms with van der Waals surface area (Å²) in [5.41, 5.74) is 0.175. The molecule has 7 heteroatoms. The van der Waals surface area contributed by atoms with Gasteiger partial charge in [0.2, 0.25) is 0 Å². The minimum atomic E-state index is -0.951. The molecule has 0 aliphatic heterocycles. The maximum Gasteiger partial charge on any atom is 0.333 e. The highest BCUT2D eigenvalue weighted by Crippen LogP contribution is 2.36. The van der Waals surface area contributed by atoms with Crippen LogP contribution in [0.2, 0.25) is 0 Å². The Morgan fingerprint density at radius 2 is 2.22 bits per heavy atom. The third-order valence-corrected chi connectivity index (χ3v) is 2.45. The summed E-state index contributed by atoms with van der Waals surface area (Å²) in [5, 5.41) is 19.6. The molecule has 7 nitrogen and oxygen atoms in total. The third-order valence-electron chi connectivity index (χ3n) is 2.45. The zero-order valence-corrected chi connectivity index (χ0v) is 10.1. The minimum Gasteiger partial charge on any atom is -0.490 e. The average Bonchev–Trinajstić information content (AvgIpc) is 2.34. The molecule has 0 aromatic heterocycles. The normalized spacial score (nSPS) is 9.89. The molecule has 0 atom stereocenters. The topological polar surface area (TPSA) is 92.9 Å². The van der Waals surface area contributed by atoms with Gasteiger partial charge < -0.3 is 14.7 Å². The first-order valence-electron chi connectivity index (χ1n) is 5.21. The molecule has 98 valence electrons. The lowest BCUT2D eigenvalue weighted by Gasteiger charge is -2.18. The molecule has 18 heavy (non-hydrogen) atoms. The van der Waals surface area contributed by atoms with E-state index < -0.39 is 10.9 Å². The Hall–Kier alpha value is -2.31. The number of anilines is 1. The van der Waals surface area contributed by atoms with E-state index in [1.807, 2.05) is 0 Å². The van der Waals surface area contributed by atoms with Crippen LogP contribution in [0.15, 0.2) is 18.2 Å². The zero-order valence-electron chi connectivity index (χ0n) is 10.1. The van der Waals surface area contributed by atoms with E-state index in [4.69, 9.17) is 9.84 Å². The van der Waals surface area contributed by atoms with Crippen molar-refractivity contribution in [2.75, 3.05) is 25.6 Å². The van der Waals surface area contributed by atoms with Crippen LogP contribution in [-0.2, 0) is 4.79 Å². The molecule has 0 saturated heterocycles. The SMILES string of the molecule is COc1cccc(N(C)CCC(=O)O)c1[N+](=O)[O-]. The van der Waals surface area contributed by atoms with E-state index in [0.29, 0.717) is 5.69 Å². The van der Waals surface area contributed by atoms with E-state index in [0.717, 1.165) is 0 Å². The summed E-state index contributed by atoms with van der Waals surface area (Å²) in [7, 11) is 2.95. The molecule has 0 saturated carbocycles. The molecule has 0 aliphatic carbocycles. The van der Waals surface area contributed by atoms with Crippen molar-refractivity contribution in [2.45, 2.75) is 6.42 Å². The van der Waals surface area contributed by atoms with Crippen LogP contribution in [0.1, 0.15) is 6.42 Å². The first-order valence-corrected chi connectivity index (χ1v) is 5.21. The van der Waals surface area contributed by atoms with Gasteiger partial charge in [-0.05, 0) is 12.1 Å². The van der Waals surface area contributed by atoms with Gasteiger partial charge >= 0.3 is 11.7 Å². The van der Waals surface area contributed by atoms with Crippen LogP contribution in [0.25, 0.3) is 0 Å². The van der Waals surface area contributed by atoms with Gasteiger partial charge in [0.15, 0.2) is 5.75 Å². The summed E-state index contributed by atoms with van der Waals surface area (Å²) >= 11 is 0. The summed E-state index contributed by atoms with van der Waals surface area (Å²) in [4.78, 5) is 22.5. The van der Waals surface area contributed by atoms with Gasteiger partial charge in [-0.15, -0.1) is 0 Å². The molecule has 0 bridgehead atoms. The van der Waals surface area contributed by atoms with E-state index in [9.17, 15) is 14.9 Å². The standard InChI is InChI=1S/C11H14N2O5/c1-12(7-6-10(14)15)8-4-3-5-9(18-2)11(8)13(16)17/h3-5H,6-7H2,1-2H3,(H,14,15). The molecular weight excluding hydrogens is 240 g/mol. The Morgan fingerprint density at radius 1 is 1.56 bits per heavy atom. The van der Waals surface area contributed by atoms with Crippen molar-refractivity contribution in [1.29, 1.82) is 0 Å². The number of nitro groups is 1. The number of para-hydroxylation sites is 1.